The molecule has 0 bridgehead atoms. The van der Waals surface area contributed by atoms with Gasteiger partial charge in [-0.25, -0.2) is 0 Å². The molecule has 2 aromatic carbocycles. The summed E-state index contributed by atoms with van der Waals surface area (Å²) in [6, 6.07) is 15.4. The quantitative estimate of drug-likeness (QED) is 0.723. The number of hydrogen-bond acceptors (Lipinski definition) is 3. The minimum atomic E-state index is -0.298. The SMILES string of the molecule is COc1cccc(N2CC(C(=O)N3CCCCC(c4ccc(Cl)cc4)C3)CC2=O)c1. The molecular weight excluding hydrogens is 400 g/mol. The van der Waals surface area contributed by atoms with Crippen molar-refractivity contribution in [3.05, 3.63) is 59.1 Å². The summed E-state index contributed by atoms with van der Waals surface area (Å²) in [5.74, 6) is 0.793. The molecule has 0 N–H and O–H groups in total. The van der Waals surface area contributed by atoms with Crippen molar-refractivity contribution < 1.29 is 14.3 Å². The van der Waals surface area contributed by atoms with E-state index in [4.69, 9.17) is 16.3 Å². The van der Waals surface area contributed by atoms with Gasteiger partial charge >= 0.3 is 0 Å². The van der Waals surface area contributed by atoms with Crippen molar-refractivity contribution >= 4 is 29.1 Å². The normalized spacial score (nSPS) is 22.1. The molecule has 2 aliphatic heterocycles. The van der Waals surface area contributed by atoms with Gasteiger partial charge in [-0.15, -0.1) is 0 Å². The summed E-state index contributed by atoms with van der Waals surface area (Å²) in [6.07, 6.45) is 3.41. The predicted molar refractivity (Wildman–Crippen MR) is 118 cm³/mol. The van der Waals surface area contributed by atoms with Crippen molar-refractivity contribution in [1.29, 1.82) is 0 Å². The molecule has 2 fully saturated rings. The zero-order chi connectivity index (χ0) is 21.1. The lowest BCUT2D eigenvalue weighted by molar-refractivity contribution is -0.135. The lowest BCUT2D eigenvalue weighted by Gasteiger charge is -2.27. The summed E-state index contributed by atoms with van der Waals surface area (Å²) < 4.78 is 5.27. The van der Waals surface area contributed by atoms with E-state index in [1.165, 1.54) is 5.56 Å². The Morgan fingerprint density at radius 3 is 2.67 bits per heavy atom. The minimum Gasteiger partial charge on any atom is -0.497 e. The fraction of sp³-hybridized carbons (Fsp3) is 0.417. The van der Waals surface area contributed by atoms with Crippen LogP contribution in [-0.2, 0) is 9.59 Å². The molecule has 158 valence electrons. The highest BCUT2D eigenvalue weighted by Crippen LogP contribution is 2.32. The van der Waals surface area contributed by atoms with E-state index in [-0.39, 0.29) is 24.2 Å². The van der Waals surface area contributed by atoms with Gasteiger partial charge in [0.05, 0.1) is 13.0 Å². The maximum absolute atomic E-state index is 13.3. The van der Waals surface area contributed by atoms with Gasteiger partial charge in [0.25, 0.3) is 0 Å². The van der Waals surface area contributed by atoms with E-state index in [1.807, 2.05) is 41.3 Å². The molecule has 2 amide bonds. The molecule has 0 saturated carbocycles. The second kappa shape index (κ2) is 9.09. The molecule has 0 radical (unpaired) electrons. The van der Waals surface area contributed by atoms with Gasteiger partial charge in [-0.3, -0.25) is 9.59 Å². The lowest BCUT2D eigenvalue weighted by Crippen LogP contribution is -2.39. The van der Waals surface area contributed by atoms with Gasteiger partial charge in [0.2, 0.25) is 11.8 Å². The van der Waals surface area contributed by atoms with Crippen LogP contribution in [0.2, 0.25) is 5.02 Å². The molecular formula is C24H27ClN2O3. The Hall–Kier alpha value is -2.53. The Bertz CT molecular complexity index is 915. The van der Waals surface area contributed by atoms with Crippen LogP contribution in [0, 0.1) is 5.92 Å². The summed E-state index contributed by atoms with van der Waals surface area (Å²) in [7, 11) is 1.60. The average molecular weight is 427 g/mol. The zero-order valence-corrected chi connectivity index (χ0v) is 18.0. The maximum Gasteiger partial charge on any atom is 0.228 e. The van der Waals surface area contributed by atoms with Crippen LogP contribution in [0.1, 0.15) is 37.2 Å². The van der Waals surface area contributed by atoms with E-state index in [2.05, 4.69) is 12.1 Å². The van der Waals surface area contributed by atoms with Crippen LogP contribution in [-0.4, -0.2) is 43.5 Å². The molecule has 2 heterocycles. The first-order chi connectivity index (χ1) is 14.5. The van der Waals surface area contributed by atoms with Crippen molar-refractivity contribution in [3.63, 3.8) is 0 Å². The van der Waals surface area contributed by atoms with Crippen LogP contribution in [0.25, 0.3) is 0 Å². The van der Waals surface area contributed by atoms with Gasteiger partial charge in [-0.2, -0.15) is 0 Å². The summed E-state index contributed by atoms with van der Waals surface area (Å²) >= 11 is 6.04. The molecule has 5 nitrogen and oxygen atoms in total. The largest absolute Gasteiger partial charge is 0.497 e. The van der Waals surface area contributed by atoms with E-state index < -0.39 is 0 Å². The van der Waals surface area contributed by atoms with Crippen LogP contribution in [0.15, 0.2) is 48.5 Å². The number of hydrogen-bond donors (Lipinski definition) is 0. The van der Waals surface area contributed by atoms with Crippen molar-refractivity contribution in [1.82, 2.24) is 4.90 Å². The second-order valence-corrected chi connectivity index (χ2v) is 8.57. The molecule has 2 saturated heterocycles. The van der Waals surface area contributed by atoms with Gasteiger partial charge in [-0.1, -0.05) is 36.2 Å². The van der Waals surface area contributed by atoms with E-state index in [9.17, 15) is 9.59 Å². The predicted octanol–water partition coefficient (Wildman–Crippen LogP) is 4.50. The van der Waals surface area contributed by atoms with Crippen LogP contribution in [0.4, 0.5) is 5.69 Å². The highest BCUT2D eigenvalue weighted by atomic mass is 35.5. The van der Waals surface area contributed by atoms with Crippen molar-refractivity contribution in [3.8, 4) is 5.75 Å². The van der Waals surface area contributed by atoms with Crippen molar-refractivity contribution in [2.75, 3.05) is 31.6 Å². The van der Waals surface area contributed by atoms with Gasteiger partial charge in [-0.05, 0) is 42.7 Å². The number of carbonyl (C=O) groups excluding carboxylic acids is 2. The maximum atomic E-state index is 13.3. The number of anilines is 1. The number of benzene rings is 2. The van der Waals surface area contributed by atoms with Crippen molar-refractivity contribution in [2.24, 2.45) is 5.92 Å². The number of halogens is 1. The molecule has 30 heavy (non-hydrogen) atoms. The molecule has 2 atom stereocenters. The first-order valence-corrected chi connectivity index (χ1v) is 10.9. The van der Waals surface area contributed by atoms with E-state index in [0.29, 0.717) is 24.8 Å². The number of rotatable bonds is 4. The van der Waals surface area contributed by atoms with E-state index in [1.54, 1.807) is 12.0 Å². The Morgan fingerprint density at radius 1 is 1.10 bits per heavy atom. The van der Waals surface area contributed by atoms with E-state index in [0.717, 1.165) is 36.5 Å². The van der Waals surface area contributed by atoms with Crippen LogP contribution in [0.5, 0.6) is 5.75 Å². The standard InChI is InChI=1S/C24H27ClN2O3/c1-30-22-7-4-6-21(14-22)27-16-19(13-23(27)28)24(29)26-12-3-2-5-18(15-26)17-8-10-20(25)11-9-17/h4,6-11,14,18-19H,2-3,5,12-13,15-16H2,1H3. The third-order valence-electron chi connectivity index (χ3n) is 6.16. The lowest BCUT2D eigenvalue weighted by atomic mass is 9.94. The van der Waals surface area contributed by atoms with Gasteiger partial charge in [0.15, 0.2) is 0 Å². The molecule has 0 aliphatic carbocycles. The second-order valence-electron chi connectivity index (χ2n) is 8.14. The number of nitrogens with zero attached hydrogens (tertiary/aromatic N) is 2. The van der Waals surface area contributed by atoms with Crippen molar-refractivity contribution in [2.45, 2.75) is 31.6 Å². The third-order valence-corrected chi connectivity index (χ3v) is 6.42. The summed E-state index contributed by atoms with van der Waals surface area (Å²) in [5, 5.41) is 0.724. The van der Waals surface area contributed by atoms with E-state index >= 15 is 0 Å². The molecule has 0 aromatic heterocycles. The molecule has 4 rings (SSSR count). The number of amides is 2. The van der Waals surface area contributed by atoms with Gasteiger partial charge in [0, 0.05) is 48.7 Å². The minimum absolute atomic E-state index is 0.00863. The Balaban J connectivity index is 1.46. The monoisotopic (exact) mass is 426 g/mol. The summed E-state index contributed by atoms with van der Waals surface area (Å²) in [5.41, 5.74) is 2.00. The van der Waals surface area contributed by atoms with Gasteiger partial charge < -0.3 is 14.5 Å². The number of ether oxygens (including phenoxy) is 1. The molecule has 2 unspecified atom stereocenters. The first-order valence-electron chi connectivity index (χ1n) is 10.5. The third kappa shape index (κ3) is 4.46. The molecule has 0 spiro atoms. The highest BCUT2D eigenvalue weighted by Gasteiger charge is 2.38. The Labute approximate surface area is 182 Å². The van der Waals surface area contributed by atoms with Crippen LogP contribution < -0.4 is 9.64 Å². The van der Waals surface area contributed by atoms with Crippen LogP contribution >= 0.6 is 11.6 Å². The summed E-state index contributed by atoms with van der Waals surface area (Å²) in [4.78, 5) is 29.7. The Kier molecular flexibility index (Phi) is 6.28. The zero-order valence-electron chi connectivity index (χ0n) is 17.2. The summed E-state index contributed by atoms with van der Waals surface area (Å²) in [6.45, 7) is 1.88. The molecule has 6 heteroatoms. The topological polar surface area (TPSA) is 49.9 Å². The number of carbonyl (C=O) groups is 2. The highest BCUT2D eigenvalue weighted by molar-refractivity contribution is 6.30. The number of methoxy groups -OCH3 is 1. The molecule has 2 aliphatic rings. The van der Waals surface area contributed by atoms with Crippen LogP contribution in [0.3, 0.4) is 0 Å². The molecule has 2 aromatic rings. The Morgan fingerprint density at radius 2 is 1.90 bits per heavy atom. The average Bonchev–Trinajstić information content (AvgIpc) is 2.99. The first kappa shape index (κ1) is 20.7. The number of likely N-dealkylation sites (tertiary alicyclic amines) is 1. The fourth-order valence-electron chi connectivity index (χ4n) is 4.51. The van der Waals surface area contributed by atoms with Gasteiger partial charge in [0.1, 0.15) is 5.75 Å². The fourth-order valence-corrected chi connectivity index (χ4v) is 4.63. The smallest absolute Gasteiger partial charge is 0.228 e.